The Morgan fingerprint density at radius 1 is 1.39 bits per heavy atom. The van der Waals surface area contributed by atoms with Crippen LogP contribution in [0, 0.1) is 0 Å². The van der Waals surface area contributed by atoms with E-state index in [4.69, 9.17) is 4.74 Å². The Morgan fingerprint density at radius 2 is 2.11 bits per heavy atom. The molecule has 1 aromatic carbocycles. The van der Waals surface area contributed by atoms with Crippen molar-refractivity contribution in [2.24, 2.45) is 0 Å². The van der Waals surface area contributed by atoms with Crippen LogP contribution in [0.5, 0.6) is 5.75 Å². The van der Waals surface area contributed by atoms with Crippen molar-refractivity contribution in [1.82, 2.24) is 0 Å². The largest absolute Gasteiger partial charge is 0.494 e. The van der Waals surface area contributed by atoms with Gasteiger partial charge in [-0.3, -0.25) is 0 Å². The number of alkyl halides is 2. The zero-order valence-electron chi connectivity index (χ0n) is 10.4. The van der Waals surface area contributed by atoms with Crippen molar-refractivity contribution >= 4 is 5.97 Å². The average molecular weight is 258 g/mol. The van der Waals surface area contributed by atoms with Gasteiger partial charge >= 0.3 is 5.97 Å². The summed E-state index contributed by atoms with van der Waals surface area (Å²) < 4.78 is 35.4. The number of halogens is 2. The van der Waals surface area contributed by atoms with E-state index in [0.29, 0.717) is 12.4 Å². The van der Waals surface area contributed by atoms with E-state index in [0.717, 1.165) is 20.0 Å². The molecule has 0 spiro atoms. The maximum atomic E-state index is 12.8. The molecule has 0 bridgehead atoms. The molecule has 0 N–H and O–H groups in total. The summed E-state index contributed by atoms with van der Waals surface area (Å²) in [6, 6.07) is 3.98. The number of carbonyl (C=O) groups excluding carboxylic acids is 1. The molecule has 0 unspecified atom stereocenters. The van der Waals surface area contributed by atoms with Gasteiger partial charge in [0.15, 0.2) is 0 Å². The Balaban J connectivity index is 2.92. The minimum absolute atomic E-state index is 0.129. The van der Waals surface area contributed by atoms with E-state index >= 15 is 0 Å². The van der Waals surface area contributed by atoms with Gasteiger partial charge in [0.1, 0.15) is 5.75 Å². The average Bonchev–Trinajstić information content (AvgIpc) is 2.38. The summed E-state index contributed by atoms with van der Waals surface area (Å²) in [5.74, 6) is -0.434. The molecule has 5 heteroatoms. The number of hydrogen-bond donors (Lipinski definition) is 0. The quantitative estimate of drug-likeness (QED) is 0.577. The van der Waals surface area contributed by atoms with Gasteiger partial charge in [0.25, 0.3) is 6.43 Å². The number of rotatable bonds is 6. The first kappa shape index (κ1) is 14.4. The fourth-order valence-corrected chi connectivity index (χ4v) is 1.44. The predicted molar refractivity (Wildman–Crippen MR) is 63.1 cm³/mol. The van der Waals surface area contributed by atoms with Gasteiger partial charge in [-0.25, -0.2) is 13.6 Å². The third kappa shape index (κ3) is 3.68. The van der Waals surface area contributed by atoms with Crippen LogP contribution in [0.3, 0.4) is 0 Å². The van der Waals surface area contributed by atoms with Gasteiger partial charge in [-0.2, -0.15) is 0 Å². The zero-order valence-corrected chi connectivity index (χ0v) is 10.4. The molecule has 0 aliphatic carbocycles. The molecule has 1 aromatic rings. The summed E-state index contributed by atoms with van der Waals surface area (Å²) in [5, 5.41) is 0. The summed E-state index contributed by atoms with van der Waals surface area (Å²) in [7, 11) is 1.16. The van der Waals surface area contributed by atoms with E-state index < -0.39 is 12.4 Å². The van der Waals surface area contributed by atoms with Gasteiger partial charge in [0.2, 0.25) is 0 Å². The van der Waals surface area contributed by atoms with Crippen LogP contribution in [0.25, 0.3) is 0 Å². The molecule has 100 valence electrons. The molecule has 1 rings (SSSR count). The highest BCUT2D eigenvalue weighted by Crippen LogP contribution is 2.27. The number of methoxy groups -OCH3 is 1. The highest BCUT2D eigenvalue weighted by molar-refractivity contribution is 5.91. The van der Waals surface area contributed by atoms with E-state index in [2.05, 4.69) is 4.74 Å². The van der Waals surface area contributed by atoms with E-state index in [1.54, 1.807) is 0 Å². The summed E-state index contributed by atoms with van der Waals surface area (Å²) in [6.45, 7) is 2.48. The fraction of sp³-hybridized carbons (Fsp3) is 0.462. The number of esters is 1. The highest BCUT2D eigenvalue weighted by atomic mass is 19.3. The molecular formula is C13H16F2O3. The first-order chi connectivity index (χ1) is 8.60. The molecule has 0 aromatic heterocycles. The van der Waals surface area contributed by atoms with Crippen LogP contribution in [0.2, 0.25) is 0 Å². The molecule has 18 heavy (non-hydrogen) atoms. The molecule has 0 saturated heterocycles. The van der Waals surface area contributed by atoms with Crippen molar-refractivity contribution in [1.29, 1.82) is 0 Å². The first-order valence-electron chi connectivity index (χ1n) is 5.73. The summed E-state index contributed by atoms with van der Waals surface area (Å²) in [4.78, 5) is 11.3. The van der Waals surface area contributed by atoms with Gasteiger partial charge in [0.05, 0.1) is 19.3 Å². The van der Waals surface area contributed by atoms with Crippen LogP contribution in [0.4, 0.5) is 8.78 Å². The van der Waals surface area contributed by atoms with Gasteiger partial charge in [-0.1, -0.05) is 13.3 Å². The maximum Gasteiger partial charge on any atom is 0.338 e. The summed E-state index contributed by atoms with van der Waals surface area (Å²) >= 11 is 0. The molecule has 0 aliphatic rings. The molecule has 0 atom stereocenters. The molecule has 0 amide bonds. The van der Waals surface area contributed by atoms with Crippen LogP contribution >= 0.6 is 0 Å². The normalized spacial score (nSPS) is 10.5. The first-order valence-corrected chi connectivity index (χ1v) is 5.73. The molecule has 0 aliphatic heterocycles. The van der Waals surface area contributed by atoms with Gasteiger partial charge in [-0.15, -0.1) is 0 Å². The lowest BCUT2D eigenvalue weighted by Gasteiger charge is -2.10. The Hall–Kier alpha value is -1.65. The van der Waals surface area contributed by atoms with Crippen LogP contribution < -0.4 is 4.74 Å². The van der Waals surface area contributed by atoms with Gasteiger partial charge in [-0.05, 0) is 24.6 Å². The smallest absolute Gasteiger partial charge is 0.338 e. The standard InChI is InChI=1S/C13H16F2O3/c1-3-4-7-18-9-5-6-10(13(16)17-2)11(8-9)12(14)15/h5-6,8,12H,3-4,7H2,1-2H3. The van der Waals surface area contributed by atoms with E-state index in [9.17, 15) is 13.6 Å². The lowest BCUT2D eigenvalue weighted by molar-refractivity contribution is 0.0589. The second-order valence-corrected chi connectivity index (χ2v) is 3.74. The molecular weight excluding hydrogens is 242 g/mol. The van der Waals surface area contributed by atoms with Crippen molar-refractivity contribution in [3.05, 3.63) is 29.3 Å². The molecule has 3 nitrogen and oxygen atoms in total. The van der Waals surface area contributed by atoms with Crippen LogP contribution in [0.1, 0.15) is 42.1 Å². The molecule has 0 radical (unpaired) electrons. The van der Waals surface area contributed by atoms with Crippen molar-refractivity contribution in [3.8, 4) is 5.75 Å². The van der Waals surface area contributed by atoms with Crippen LogP contribution in [-0.4, -0.2) is 19.7 Å². The van der Waals surface area contributed by atoms with Crippen LogP contribution in [0.15, 0.2) is 18.2 Å². The van der Waals surface area contributed by atoms with E-state index in [-0.39, 0.29) is 11.1 Å². The molecule has 0 heterocycles. The van der Waals surface area contributed by atoms with Crippen molar-refractivity contribution in [3.63, 3.8) is 0 Å². The molecule has 0 saturated carbocycles. The lowest BCUT2D eigenvalue weighted by Crippen LogP contribution is -2.07. The summed E-state index contributed by atoms with van der Waals surface area (Å²) in [5.41, 5.74) is -0.494. The minimum atomic E-state index is -2.74. The van der Waals surface area contributed by atoms with Gasteiger partial charge in [0, 0.05) is 5.56 Å². The Labute approximate surface area is 105 Å². The zero-order chi connectivity index (χ0) is 13.5. The lowest BCUT2D eigenvalue weighted by atomic mass is 10.1. The SMILES string of the molecule is CCCCOc1ccc(C(=O)OC)c(C(F)F)c1. The topological polar surface area (TPSA) is 35.5 Å². The van der Waals surface area contributed by atoms with Crippen LogP contribution in [-0.2, 0) is 4.74 Å². The third-order valence-electron chi connectivity index (χ3n) is 2.43. The number of unbranched alkanes of at least 4 members (excludes halogenated alkanes) is 1. The second kappa shape index (κ2) is 6.93. The van der Waals surface area contributed by atoms with E-state index in [1.807, 2.05) is 6.92 Å². The number of carbonyl (C=O) groups is 1. The van der Waals surface area contributed by atoms with Gasteiger partial charge < -0.3 is 9.47 Å². The Kier molecular flexibility index (Phi) is 5.55. The number of benzene rings is 1. The minimum Gasteiger partial charge on any atom is -0.494 e. The summed E-state index contributed by atoms with van der Waals surface area (Å²) in [6.07, 6.45) is -0.932. The number of ether oxygens (including phenoxy) is 2. The van der Waals surface area contributed by atoms with Crippen molar-refractivity contribution < 1.29 is 23.0 Å². The Bertz CT molecular complexity index is 405. The highest BCUT2D eigenvalue weighted by Gasteiger charge is 2.19. The maximum absolute atomic E-state index is 12.8. The second-order valence-electron chi connectivity index (χ2n) is 3.74. The van der Waals surface area contributed by atoms with Crippen molar-refractivity contribution in [2.75, 3.05) is 13.7 Å². The van der Waals surface area contributed by atoms with E-state index in [1.165, 1.54) is 18.2 Å². The predicted octanol–water partition coefficient (Wildman–Crippen LogP) is 3.59. The number of hydrogen-bond acceptors (Lipinski definition) is 3. The Morgan fingerprint density at radius 3 is 2.67 bits per heavy atom. The van der Waals surface area contributed by atoms with Crippen molar-refractivity contribution in [2.45, 2.75) is 26.2 Å². The monoisotopic (exact) mass is 258 g/mol. The molecule has 0 fully saturated rings. The third-order valence-corrected chi connectivity index (χ3v) is 2.43. The fourth-order valence-electron chi connectivity index (χ4n) is 1.44.